The Balaban J connectivity index is 1.41. The van der Waals surface area contributed by atoms with Gasteiger partial charge in [0.15, 0.2) is 5.65 Å². The van der Waals surface area contributed by atoms with E-state index in [2.05, 4.69) is 41.9 Å². The van der Waals surface area contributed by atoms with Gasteiger partial charge in [0.1, 0.15) is 6.33 Å². The maximum atomic E-state index is 13.0. The van der Waals surface area contributed by atoms with Crippen LogP contribution in [0.4, 0.5) is 0 Å². The molecule has 3 N–H and O–H groups in total. The van der Waals surface area contributed by atoms with E-state index in [0.717, 1.165) is 46.0 Å². The molecule has 3 atom stereocenters. The molecule has 0 radical (unpaired) electrons. The van der Waals surface area contributed by atoms with Crippen molar-refractivity contribution in [1.29, 1.82) is 0 Å². The van der Waals surface area contributed by atoms with Crippen molar-refractivity contribution in [1.82, 2.24) is 24.5 Å². The lowest BCUT2D eigenvalue weighted by Crippen LogP contribution is -2.33. The average molecular weight is 421 g/mol. The van der Waals surface area contributed by atoms with Crippen LogP contribution in [-0.4, -0.2) is 49.5 Å². The van der Waals surface area contributed by atoms with Crippen molar-refractivity contribution in [2.24, 2.45) is 17.6 Å². The third-order valence-electron chi connectivity index (χ3n) is 6.69. The molecule has 8 heteroatoms. The Morgan fingerprint density at radius 2 is 2.07 bits per heavy atom. The quantitative estimate of drug-likeness (QED) is 0.531. The molecule has 30 heavy (non-hydrogen) atoms. The number of rotatable bonds is 3. The number of hydrogen-bond donors (Lipinski definition) is 2. The number of carbonyl (C=O) groups is 1. The lowest BCUT2D eigenvalue weighted by molar-refractivity contribution is 0.0778. The van der Waals surface area contributed by atoms with Crippen LogP contribution in [0.1, 0.15) is 40.6 Å². The van der Waals surface area contributed by atoms with E-state index < -0.39 is 0 Å². The highest BCUT2D eigenvalue weighted by atomic mass is 32.1. The molecule has 154 valence electrons. The smallest absolute Gasteiger partial charge is 0.264 e. The number of aryl methyl sites for hydroxylation is 1. The number of nitrogens with two attached hydrogens (primary N) is 1. The lowest BCUT2D eigenvalue weighted by Gasteiger charge is -2.18. The second-order valence-electron chi connectivity index (χ2n) is 8.98. The average Bonchev–Trinajstić information content (AvgIpc) is 3.28. The van der Waals surface area contributed by atoms with Crippen LogP contribution in [0.25, 0.3) is 27.1 Å². The highest BCUT2D eigenvalue weighted by Gasteiger charge is 2.54. The van der Waals surface area contributed by atoms with Crippen LogP contribution < -0.4 is 5.73 Å². The number of carbonyl (C=O) groups excluding carboxylic acids is 1. The van der Waals surface area contributed by atoms with Gasteiger partial charge in [-0.3, -0.25) is 4.79 Å². The van der Waals surface area contributed by atoms with Crippen molar-refractivity contribution in [2.75, 3.05) is 13.1 Å². The molecule has 5 heterocycles. The molecule has 1 amide bonds. The summed E-state index contributed by atoms with van der Waals surface area (Å²) in [7, 11) is 0. The number of thiophene rings is 1. The second kappa shape index (κ2) is 6.15. The SMILES string of the molecule is Cc1cc(-c2[nH]c3cc(C(=O)N4C[C@@H]5[C@@H](N)[C@@H]5C4)sc3c2C(C)C)cn2ncnc12. The van der Waals surface area contributed by atoms with Crippen LogP contribution in [0.5, 0.6) is 0 Å². The molecule has 1 saturated carbocycles. The van der Waals surface area contributed by atoms with Gasteiger partial charge in [0, 0.05) is 30.9 Å². The van der Waals surface area contributed by atoms with Crippen LogP contribution in [0, 0.1) is 18.8 Å². The van der Waals surface area contributed by atoms with Gasteiger partial charge in [-0.15, -0.1) is 11.3 Å². The van der Waals surface area contributed by atoms with E-state index in [4.69, 9.17) is 5.73 Å². The fraction of sp³-hybridized carbons (Fsp3) is 0.409. The Morgan fingerprint density at radius 3 is 2.80 bits per heavy atom. The number of aromatic nitrogens is 4. The van der Waals surface area contributed by atoms with Gasteiger partial charge in [-0.05, 0) is 47.9 Å². The summed E-state index contributed by atoms with van der Waals surface area (Å²) in [5.41, 5.74) is 12.4. The van der Waals surface area contributed by atoms with Crippen molar-refractivity contribution in [3.05, 3.63) is 40.7 Å². The summed E-state index contributed by atoms with van der Waals surface area (Å²) in [6.07, 6.45) is 3.60. The summed E-state index contributed by atoms with van der Waals surface area (Å²) in [5.74, 6) is 1.47. The number of likely N-dealkylation sites (tertiary alicyclic amines) is 1. The maximum absolute atomic E-state index is 13.0. The van der Waals surface area contributed by atoms with Crippen molar-refractivity contribution >= 4 is 33.1 Å². The molecular formula is C22H24N6OS. The Labute approximate surface area is 177 Å². The molecule has 1 aliphatic heterocycles. The zero-order valence-corrected chi connectivity index (χ0v) is 18.0. The number of aromatic amines is 1. The first-order valence-corrected chi connectivity index (χ1v) is 11.2. The number of nitrogens with zero attached hydrogens (tertiary/aromatic N) is 4. The number of piperidine rings is 1. The Hall–Kier alpha value is -2.71. The fourth-order valence-electron chi connectivity index (χ4n) is 5.01. The molecule has 0 aromatic carbocycles. The lowest BCUT2D eigenvalue weighted by atomic mass is 9.99. The first-order valence-electron chi connectivity index (χ1n) is 10.4. The monoisotopic (exact) mass is 420 g/mol. The van der Waals surface area contributed by atoms with Gasteiger partial charge in [0.25, 0.3) is 5.91 Å². The standard InChI is InChI=1S/C22H24N6OS/c1-10(2)17-19(12-4-11(3)21-24-9-25-28(21)6-12)26-15-5-16(30-20(15)17)22(29)27-7-13-14(8-27)18(13)23/h4-6,9-10,13-14,18,26H,7-8,23H2,1-3H3/t13-,14+,18+. The zero-order valence-electron chi connectivity index (χ0n) is 17.2. The minimum absolute atomic E-state index is 0.139. The molecule has 4 aromatic heterocycles. The Kier molecular flexibility index (Phi) is 3.71. The number of pyridine rings is 1. The van der Waals surface area contributed by atoms with Gasteiger partial charge in [0.05, 0.1) is 20.8 Å². The minimum atomic E-state index is 0.139. The largest absolute Gasteiger partial charge is 0.354 e. The number of amides is 1. The van der Waals surface area contributed by atoms with E-state index in [9.17, 15) is 4.79 Å². The van der Waals surface area contributed by atoms with E-state index in [1.165, 1.54) is 10.3 Å². The molecule has 1 aliphatic carbocycles. The van der Waals surface area contributed by atoms with Crippen LogP contribution in [0.2, 0.25) is 0 Å². The molecule has 4 aromatic rings. The molecule has 6 rings (SSSR count). The van der Waals surface area contributed by atoms with E-state index in [-0.39, 0.29) is 5.91 Å². The molecular weight excluding hydrogens is 396 g/mol. The van der Waals surface area contributed by atoms with Crippen molar-refractivity contribution in [3.8, 4) is 11.3 Å². The topological polar surface area (TPSA) is 92.3 Å². The van der Waals surface area contributed by atoms with Crippen molar-refractivity contribution in [3.63, 3.8) is 0 Å². The predicted molar refractivity (Wildman–Crippen MR) is 118 cm³/mol. The molecule has 0 bridgehead atoms. The molecule has 2 aliphatic rings. The summed E-state index contributed by atoms with van der Waals surface area (Å²) in [4.78, 5) is 23.7. The zero-order chi connectivity index (χ0) is 20.7. The molecule has 0 spiro atoms. The summed E-state index contributed by atoms with van der Waals surface area (Å²) in [6, 6.07) is 4.47. The van der Waals surface area contributed by atoms with Gasteiger partial charge >= 0.3 is 0 Å². The van der Waals surface area contributed by atoms with Crippen LogP contribution in [-0.2, 0) is 0 Å². The molecule has 2 fully saturated rings. The number of H-pyrrole nitrogens is 1. The first-order chi connectivity index (χ1) is 14.4. The summed E-state index contributed by atoms with van der Waals surface area (Å²) >= 11 is 1.60. The third kappa shape index (κ3) is 2.50. The number of nitrogens with one attached hydrogen (secondary N) is 1. The molecule has 0 unspecified atom stereocenters. The predicted octanol–water partition coefficient (Wildman–Crippen LogP) is 3.40. The van der Waals surface area contributed by atoms with Crippen molar-refractivity contribution in [2.45, 2.75) is 32.7 Å². The Morgan fingerprint density at radius 1 is 1.30 bits per heavy atom. The fourth-order valence-corrected chi connectivity index (χ4v) is 6.29. The van der Waals surface area contributed by atoms with Crippen LogP contribution in [0.3, 0.4) is 0 Å². The molecule has 7 nitrogen and oxygen atoms in total. The molecule has 1 saturated heterocycles. The normalized spacial score (nSPS) is 23.1. The van der Waals surface area contributed by atoms with Gasteiger partial charge < -0.3 is 15.6 Å². The van der Waals surface area contributed by atoms with Gasteiger partial charge in [0.2, 0.25) is 0 Å². The van der Waals surface area contributed by atoms with Crippen LogP contribution in [0.15, 0.2) is 24.7 Å². The van der Waals surface area contributed by atoms with Crippen LogP contribution >= 0.6 is 11.3 Å². The van der Waals surface area contributed by atoms with Gasteiger partial charge in [-0.25, -0.2) is 9.50 Å². The maximum Gasteiger partial charge on any atom is 0.264 e. The summed E-state index contributed by atoms with van der Waals surface area (Å²) in [5, 5.41) is 4.31. The second-order valence-corrected chi connectivity index (χ2v) is 10.0. The third-order valence-corrected chi connectivity index (χ3v) is 7.85. The first kappa shape index (κ1) is 18.1. The summed E-state index contributed by atoms with van der Waals surface area (Å²) < 4.78 is 2.99. The van der Waals surface area contributed by atoms with E-state index in [0.29, 0.717) is 23.8 Å². The van der Waals surface area contributed by atoms with Gasteiger partial charge in [-0.2, -0.15) is 5.10 Å². The van der Waals surface area contributed by atoms with E-state index >= 15 is 0 Å². The summed E-state index contributed by atoms with van der Waals surface area (Å²) in [6.45, 7) is 8.05. The van der Waals surface area contributed by atoms with E-state index in [1.54, 1.807) is 17.7 Å². The van der Waals surface area contributed by atoms with Gasteiger partial charge in [-0.1, -0.05) is 13.8 Å². The minimum Gasteiger partial charge on any atom is -0.354 e. The highest BCUT2D eigenvalue weighted by molar-refractivity contribution is 7.21. The van der Waals surface area contributed by atoms with Crippen molar-refractivity contribution < 1.29 is 4.79 Å². The number of fused-ring (bicyclic) bond motifs is 3. The Bertz CT molecular complexity index is 1300. The highest BCUT2D eigenvalue weighted by Crippen LogP contribution is 2.45. The van der Waals surface area contributed by atoms with E-state index in [1.807, 2.05) is 21.7 Å². The number of hydrogen-bond acceptors (Lipinski definition) is 5.